The number of furan rings is 1. The third-order valence-electron chi connectivity index (χ3n) is 4.79. The fourth-order valence-electron chi connectivity index (χ4n) is 3.18. The van der Waals surface area contributed by atoms with Gasteiger partial charge >= 0.3 is 0 Å². The largest absolute Gasteiger partial charge is 0.497 e. The SMILES string of the molecule is COc1ccc(OCC(O)CN(Cc2ccc(N(C)C)cc2)Cc2ccco2)cc1. The van der Waals surface area contributed by atoms with E-state index in [0.29, 0.717) is 25.4 Å². The van der Waals surface area contributed by atoms with Crippen LogP contribution in [-0.2, 0) is 13.1 Å². The third-order valence-corrected chi connectivity index (χ3v) is 4.79. The second-order valence-electron chi connectivity index (χ2n) is 7.45. The van der Waals surface area contributed by atoms with Crippen LogP contribution in [0, 0.1) is 0 Å². The lowest BCUT2D eigenvalue weighted by Crippen LogP contribution is -2.35. The lowest BCUT2D eigenvalue weighted by Gasteiger charge is -2.25. The molecule has 1 aromatic heterocycles. The van der Waals surface area contributed by atoms with Crippen molar-refractivity contribution in [3.8, 4) is 11.5 Å². The zero-order chi connectivity index (χ0) is 21.3. The minimum atomic E-state index is -0.636. The van der Waals surface area contributed by atoms with Crippen molar-refractivity contribution in [1.29, 1.82) is 0 Å². The average molecular weight is 411 g/mol. The van der Waals surface area contributed by atoms with Gasteiger partial charge in [0, 0.05) is 32.9 Å². The standard InChI is InChI=1S/C24H30N2O4/c1-25(2)20-8-6-19(7-9-20)15-26(17-24-5-4-14-29-24)16-21(27)18-30-23-12-10-22(28-3)11-13-23/h4-14,21,27H,15-18H2,1-3H3. The van der Waals surface area contributed by atoms with Crippen molar-refractivity contribution in [3.05, 3.63) is 78.3 Å². The molecule has 160 valence electrons. The topological polar surface area (TPSA) is 58.3 Å². The van der Waals surface area contributed by atoms with Gasteiger partial charge in [0.15, 0.2) is 0 Å². The molecule has 1 heterocycles. The summed E-state index contributed by atoms with van der Waals surface area (Å²) in [7, 11) is 5.68. The number of hydrogen-bond donors (Lipinski definition) is 1. The number of anilines is 1. The Bertz CT molecular complexity index is 861. The molecule has 6 nitrogen and oxygen atoms in total. The smallest absolute Gasteiger partial charge is 0.119 e. The van der Waals surface area contributed by atoms with Crippen LogP contribution in [0.1, 0.15) is 11.3 Å². The molecule has 0 spiro atoms. The monoisotopic (exact) mass is 410 g/mol. The molecule has 3 rings (SSSR count). The van der Waals surface area contributed by atoms with Gasteiger partial charge in [-0.3, -0.25) is 4.90 Å². The highest BCUT2D eigenvalue weighted by atomic mass is 16.5. The van der Waals surface area contributed by atoms with Crippen LogP contribution in [-0.4, -0.2) is 50.5 Å². The van der Waals surface area contributed by atoms with Crippen molar-refractivity contribution >= 4 is 5.69 Å². The number of rotatable bonds is 11. The summed E-state index contributed by atoms with van der Waals surface area (Å²) in [5, 5.41) is 10.6. The van der Waals surface area contributed by atoms with Crippen molar-refractivity contribution in [1.82, 2.24) is 4.90 Å². The first-order valence-electron chi connectivity index (χ1n) is 9.99. The fraction of sp³-hybridized carbons (Fsp3) is 0.333. The quantitative estimate of drug-likeness (QED) is 0.519. The Morgan fingerprint density at radius 1 is 0.933 bits per heavy atom. The Kier molecular flexibility index (Phi) is 7.76. The summed E-state index contributed by atoms with van der Waals surface area (Å²) in [5.74, 6) is 2.34. The lowest BCUT2D eigenvalue weighted by atomic mass is 10.1. The van der Waals surface area contributed by atoms with Gasteiger partial charge in [-0.2, -0.15) is 0 Å². The van der Waals surface area contributed by atoms with Gasteiger partial charge in [-0.05, 0) is 54.1 Å². The summed E-state index contributed by atoms with van der Waals surface area (Å²) >= 11 is 0. The Hall–Kier alpha value is -2.96. The van der Waals surface area contributed by atoms with E-state index in [1.54, 1.807) is 13.4 Å². The van der Waals surface area contributed by atoms with Crippen LogP contribution in [0.2, 0.25) is 0 Å². The van der Waals surface area contributed by atoms with Crippen LogP contribution in [0.25, 0.3) is 0 Å². The van der Waals surface area contributed by atoms with E-state index in [4.69, 9.17) is 13.9 Å². The van der Waals surface area contributed by atoms with E-state index in [0.717, 1.165) is 17.2 Å². The Morgan fingerprint density at radius 2 is 1.63 bits per heavy atom. The molecule has 0 aliphatic rings. The molecular formula is C24H30N2O4. The molecule has 0 aliphatic heterocycles. The number of aliphatic hydroxyl groups excluding tert-OH is 1. The van der Waals surface area contributed by atoms with Gasteiger partial charge in [-0.1, -0.05) is 12.1 Å². The van der Waals surface area contributed by atoms with E-state index >= 15 is 0 Å². The molecule has 0 radical (unpaired) electrons. The number of benzene rings is 2. The van der Waals surface area contributed by atoms with E-state index in [9.17, 15) is 5.11 Å². The van der Waals surface area contributed by atoms with Crippen molar-refractivity contribution < 1.29 is 19.0 Å². The molecule has 3 aromatic rings. The maximum absolute atomic E-state index is 10.6. The summed E-state index contributed by atoms with van der Waals surface area (Å²) in [4.78, 5) is 4.23. The van der Waals surface area contributed by atoms with Crippen LogP contribution in [0.5, 0.6) is 11.5 Å². The van der Waals surface area contributed by atoms with Crippen LogP contribution >= 0.6 is 0 Å². The van der Waals surface area contributed by atoms with Crippen LogP contribution in [0.3, 0.4) is 0 Å². The molecule has 30 heavy (non-hydrogen) atoms. The Morgan fingerprint density at radius 3 is 2.23 bits per heavy atom. The molecule has 1 unspecified atom stereocenters. The van der Waals surface area contributed by atoms with E-state index in [2.05, 4.69) is 34.1 Å². The molecule has 0 saturated carbocycles. The summed E-state index contributed by atoms with van der Waals surface area (Å²) in [5.41, 5.74) is 2.33. The van der Waals surface area contributed by atoms with Gasteiger partial charge in [-0.25, -0.2) is 0 Å². The predicted octanol–water partition coefficient (Wildman–Crippen LogP) is 3.80. The molecule has 0 aliphatic carbocycles. The van der Waals surface area contributed by atoms with E-state index in [-0.39, 0.29) is 6.61 Å². The third kappa shape index (κ3) is 6.54. The van der Waals surface area contributed by atoms with Crippen molar-refractivity contribution in [2.24, 2.45) is 0 Å². The lowest BCUT2D eigenvalue weighted by molar-refractivity contribution is 0.0604. The summed E-state index contributed by atoms with van der Waals surface area (Å²) < 4.78 is 16.4. The first kappa shape index (κ1) is 21.7. The van der Waals surface area contributed by atoms with Gasteiger partial charge in [0.1, 0.15) is 30.0 Å². The highest BCUT2D eigenvalue weighted by Crippen LogP contribution is 2.18. The summed E-state index contributed by atoms with van der Waals surface area (Å²) in [6, 6.07) is 19.6. The van der Waals surface area contributed by atoms with Gasteiger partial charge in [-0.15, -0.1) is 0 Å². The maximum Gasteiger partial charge on any atom is 0.119 e. The second-order valence-corrected chi connectivity index (χ2v) is 7.45. The second kappa shape index (κ2) is 10.7. The molecular weight excluding hydrogens is 380 g/mol. The number of nitrogens with zero attached hydrogens (tertiary/aromatic N) is 2. The molecule has 1 N–H and O–H groups in total. The molecule has 2 aromatic carbocycles. The summed E-state index contributed by atoms with van der Waals surface area (Å²) in [6.45, 7) is 1.99. The van der Waals surface area contributed by atoms with Crippen molar-refractivity contribution in [2.75, 3.05) is 39.3 Å². The number of methoxy groups -OCH3 is 1. The van der Waals surface area contributed by atoms with Gasteiger partial charge in [0.25, 0.3) is 0 Å². The zero-order valence-electron chi connectivity index (χ0n) is 17.8. The van der Waals surface area contributed by atoms with Crippen LogP contribution in [0.4, 0.5) is 5.69 Å². The van der Waals surface area contributed by atoms with Crippen LogP contribution < -0.4 is 14.4 Å². The molecule has 6 heteroatoms. The molecule has 1 atom stereocenters. The van der Waals surface area contributed by atoms with E-state index in [1.807, 2.05) is 50.5 Å². The number of hydrogen-bond acceptors (Lipinski definition) is 6. The summed E-state index contributed by atoms with van der Waals surface area (Å²) in [6.07, 6.45) is 1.03. The van der Waals surface area contributed by atoms with E-state index < -0.39 is 6.10 Å². The Labute approximate surface area is 178 Å². The maximum atomic E-state index is 10.6. The average Bonchev–Trinajstić information content (AvgIpc) is 3.26. The normalized spacial score (nSPS) is 12.0. The van der Waals surface area contributed by atoms with Crippen LogP contribution in [0.15, 0.2) is 71.3 Å². The highest BCUT2D eigenvalue weighted by Gasteiger charge is 2.15. The first-order valence-corrected chi connectivity index (χ1v) is 9.99. The highest BCUT2D eigenvalue weighted by molar-refractivity contribution is 5.46. The molecule has 0 amide bonds. The van der Waals surface area contributed by atoms with Crippen molar-refractivity contribution in [3.63, 3.8) is 0 Å². The van der Waals surface area contributed by atoms with Crippen molar-refractivity contribution in [2.45, 2.75) is 19.2 Å². The minimum absolute atomic E-state index is 0.209. The van der Waals surface area contributed by atoms with Gasteiger partial charge in [0.05, 0.1) is 19.9 Å². The Balaban J connectivity index is 1.59. The molecule has 0 bridgehead atoms. The molecule has 0 saturated heterocycles. The van der Waals surface area contributed by atoms with Gasteiger partial charge < -0.3 is 23.9 Å². The minimum Gasteiger partial charge on any atom is -0.497 e. The predicted molar refractivity (Wildman–Crippen MR) is 118 cm³/mol. The van der Waals surface area contributed by atoms with Gasteiger partial charge in [0.2, 0.25) is 0 Å². The fourth-order valence-corrected chi connectivity index (χ4v) is 3.18. The van der Waals surface area contributed by atoms with E-state index in [1.165, 1.54) is 5.56 Å². The first-order chi connectivity index (χ1) is 14.5. The number of ether oxygens (including phenoxy) is 2. The molecule has 0 fully saturated rings. The number of aliphatic hydroxyl groups is 1. The zero-order valence-corrected chi connectivity index (χ0v) is 17.8.